The number of aliphatic hydroxyl groups is 3. The molecule has 11 atom stereocenters. The lowest BCUT2D eigenvalue weighted by molar-refractivity contribution is -0.144. The lowest BCUT2D eigenvalue weighted by Crippen LogP contribution is -2.62. The van der Waals surface area contributed by atoms with E-state index >= 15 is 4.21 Å². The summed E-state index contributed by atoms with van der Waals surface area (Å²) < 4.78 is 21.1. The summed E-state index contributed by atoms with van der Waals surface area (Å²) in [5.41, 5.74) is 5.96. The molecule has 29 nitrogen and oxygen atoms in total. The van der Waals surface area contributed by atoms with Gasteiger partial charge in [-0.3, -0.25) is 66.6 Å². The van der Waals surface area contributed by atoms with Crippen LogP contribution in [0.3, 0.4) is 0 Å². The molecule has 466 valence electrons. The third-order valence-electron chi connectivity index (χ3n) is 15.4. The first-order valence-electron chi connectivity index (χ1n) is 28.6. The molecule has 1 aromatic carbocycles. The average molecular weight is 1210 g/mol. The molecule has 12 amide bonds. The number of imide groups is 1. The quantitative estimate of drug-likeness (QED) is 0.0418. The van der Waals surface area contributed by atoms with Crippen molar-refractivity contribution in [3.63, 3.8) is 0 Å². The molecular formula is C55H78N12O17S. The first-order valence-corrected chi connectivity index (χ1v) is 29.9. The van der Waals surface area contributed by atoms with Crippen molar-refractivity contribution in [3.8, 4) is 5.75 Å². The number of unbranched alkanes of at least 4 members (excludes halogenated alkanes) is 5. The number of aromatic amines is 1. The number of hydrogen-bond acceptors (Lipinski definition) is 17. The minimum atomic E-state index is -2.41. The molecule has 1 fully saturated rings. The van der Waals surface area contributed by atoms with Gasteiger partial charge in [0, 0.05) is 68.4 Å². The molecule has 0 spiro atoms. The van der Waals surface area contributed by atoms with E-state index in [9.17, 15) is 72.9 Å². The summed E-state index contributed by atoms with van der Waals surface area (Å²) in [4.78, 5) is 167. The zero-order valence-corrected chi connectivity index (χ0v) is 48.6. The van der Waals surface area contributed by atoms with Crippen molar-refractivity contribution >= 4 is 92.6 Å². The van der Waals surface area contributed by atoms with Gasteiger partial charge in [-0.25, -0.2) is 0 Å². The van der Waals surface area contributed by atoms with Gasteiger partial charge in [0.2, 0.25) is 59.1 Å². The maximum Gasteiger partial charge on any atom is 0.253 e. The van der Waals surface area contributed by atoms with Crippen LogP contribution in [0.25, 0.3) is 10.9 Å². The largest absolute Gasteiger partial charge is 0.494 e. The highest BCUT2D eigenvalue weighted by Gasteiger charge is 2.45. The third-order valence-corrected chi connectivity index (χ3v) is 16.8. The Bertz CT molecular complexity index is 2880. The van der Waals surface area contributed by atoms with Gasteiger partial charge >= 0.3 is 0 Å². The predicted octanol–water partition coefficient (Wildman–Crippen LogP) is -4.09. The molecule has 14 N–H and O–H groups in total. The third kappa shape index (κ3) is 18.3. The number of benzene rings is 1. The van der Waals surface area contributed by atoms with E-state index < -0.39 is 176 Å². The summed E-state index contributed by atoms with van der Waals surface area (Å²) >= 11 is 0. The van der Waals surface area contributed by atoms with E-state index in [4.69, 9.17) is 10.5 Å². The number of nitrogens with one attached hydrogen (secondary N) is 9. The van der Waals surface area contributed by atoms with Crippen LogP contribution >= 0.6 is 0 Å². The fourth-order valence-electron chi connectivity index (χ4n) is 10.3. The van der Waals surface area contributed by atoms with Crippen LogP contribution in [0.2, 0.25) is 0 Å². The fraction of sp³-hybridized carbons (Fsp3) is 0.600. The Kier molecular flexibility index (Phi) is 24.5. The summed E-state index contributed by atoms with van der Waals surface area (Å²) in [6.07, 6.45) is 3.00. The Hall–Kier alpha value is -7.83. The molecule has 30 heteroatoms. The van der Waals surface area contributed by atoms with E-state index in [0.717, 1.165) is 17.7 Å². The van der Waals surface area contributed by atoms with Crippen LogP contribution in [-0.2, 0) is 74.8 Å². The molecule has 1 unspecified atom stereocenters. The number of fused-ring (bicyclic) bond motifs is 5. The first kappa shape index (κ1) is 66.3. The van der Waals surface area contributed by atoms with Crippen molar-refractivity contribution in [2.75, 3.05) is 51.7 Å². The molecule has 4 aliphatic heterocycles. The lowest BCUT2D eigenvalue weighted by Gasteiger charge is -2.32. The van der Waals surface area contributed by atoms with Gasteiger partial charge in [0.25, 0.3) is 11.8 Å². The van der Waals surface area contributed by atoms with Crippen molar-refractivity contribution in [1.82, 2.24) is 57.3 Å². The van der Waals surface area contributed by atoms with Gasteiger partial charge in [-0.2, -0.15) is 0 Å². The second-order valence-electron chi connectivity index (χ2n) is 21.7. The molecule has 2 bridgehead atoms. The molecule has 0 aliphatic carbocycles. The Morgan fingerprint density at radius 1 is 0.800 bits per heavy atom. The van der Waals surface area contributed by atoms with Crippen LogP contribution in [0.4, 0.5) is 0 Å². The predicted molar refractivity (Wildman–Crippen MR) is 302 cm³/mol. The number of carbonyl (C=O) groups is 12. The number of rotatable bonds is 21. The number of amides is 12. The van der Waals surface area contributed by atoms with Crippen molar-refractivity contribution in [3.05, 3.63) is 35.9 Å². The highest BCUT2D eigenvalue weighted by molar-refractivity contribution is 7.85. The summed E-state index contributed by atoms with van der Waals surface area (Å²) in [6.45, 7) is 2.74. The minimum Gasteiger partial charge on any atom is -0.494 e. The smallest absolute Gasteiger partial charge is 0.253 e. The van der Waals surface area contributed by atoms with Crippen LogP contribution in [0.15, 0.2) is 35.4 Å². The maximum atomic E-state index is 15.0. The van der Waals surface area contributed by atoms with E-state index in [1.54, 1.807) is 32.0 Å². The standard InChI is InChI=1S/C55H78N12O17S/c1-4-29(2)47-52(80)59-24-43(73)60-38-28-85(83)54-34(33-14-13-32(21-35(33)63-54)84-19-11-6-5-9-17-57-42(72)12-8-7-10-18-66-45(75)15-16-46(66)76)22-36(49(77)58-25-44(74)64-47)61-53(81)48(30(3)40(70)27-68)65-51(79)39-20-31(69)26-67(39)55(82)37(23-41(56)71)62-50(38)78/h13-16,21,29-31,36-40,47-48,63,68-70H,4-12,17-20,22-28H2,1-3H3,(H2,56,71)(H,57,72)(H,58,77)(H,59,80)(H,60,73)(H,61,81)(H,62,78)(H,64,74)(H,65,79)/t29-,30-,31+,36-,37-,38-,39-,40-,47-,48-,85?/m0/s1. The van der Waals surface area contributed by atoms with Gasteiger partial charge in [-0.1, -0.05) is 46.5 Å². The van der Waals surface area contributed by atoms with Gasteiger partial charge in [0.15, 0.2) is 0 Å². The van der Waals surface area contributed by atoms with Crippen molar-refractivity contribution in [1.29, 1.82) is 0 Å². The maximum absolute atomic E-state index is 15.0. The van der Waals surface area contributed by atoms with Crippen molar-refractivity contribution in [2.45, 2.75) is 151 Å². The SMILES string of the molecule is CC[C@H](C)[C@@H]1NC(=O)CNC(=O)[C@@H]2Cc3c([nH]c4cc(OCCCCCCNC(=O)CCCCCN5C(=O)C=CC5=O)ccc34)S(=O)C[C@H](NC(=O)CNC1=O)C(=O)N[C@@H](CC(N)=O)C(=O)N1C[C@H](O)C[C@H]1C(=O)N[C@@H]([C@@H](C)[C@@H](O)CO)C(=O)N2. The summed E-state index contributed by atoms with van der Waals surface area (Å²) in [5, 5.41) is 52.2. The van der Waals surface area contributed by atoms with E-state index in [-0.39, 0.29) is 40.4 Å². The van der Waals surface area contributed by atoms with Crippen LogP contribution in [0.5, 0.6) is 5.75 Å². The fourth-order valence-corrected chi connectivity index (χ4v) is 11.6. The first-order chi connectivity index (χ1) is 40.5. The number of aromatic nitrogens is 1. The van der Waals surface area contributed by atoms with E-state index in [2.05, 4.69) is 47.5 Å². The van der Waals surface area contributed by atoms with Gasteiger partial charge in [-0.15, -0.1) is 0 Å². The monoisotopic (exact) mass is 1210 g/mol. The Morgan fingerprint density at radius 2 is 1.48 bits per heavy atom. The zero-order valence-electron chi connectivity index (χ0n) is 47.7. The molecule has 1 aromatic heterocycles. The summed E-state index contributed by atoms with van der Waals surface area (Å²) in [5.74, 6) is -12.3. The topological polar surface area (TPSA) is 436 Å². The minimum absolute atomic E-state index is 0.0964. The van der Waals surface area contributed by atoms with Crippen LogP contribution in [0, 0.1) is 11.8 Å². The lowest BCUT2D eigenvalue weighted by atomic mass is 9.93. The molecule has 6 rings (SSSR count). The van der Waals surface area contributed by atoms with E-state index in [1.807, 2.05) is 0 Å². The van der Waals surface area contributed by atoms with E-state index in [0.29, 0.717) is 69.2 Å². The number of nitrogens with zero attached hydrogens (tertiary/aromatic N) is 2. The van der Waals surface area contributed by atoms with Gasteiger partial charge in [0.05, 0.1) is 67.0 Å². The number of carbonyl (C=O) groups excluding carboxylic acids is 12. The highest BCUT2D eigenvalue weighted by Crippen LogP contribution is 2.31. The Labute approximate surface area is 492 Å². The molecule has 0 saturated carbocycles. The van der Waals surface area contributed by atoms with Gasteiger partial charge in [0.1, 0.15) is 47.0 Å². The summed E-state index contributed by atoms with van der Waals surface area (Å²) in [7, 11) is -2.41. The van der Waals surface area contributed by atoms with Crippen molar-refractivity contribution < 1.29 is 81.8 Å². The van der Waals surface area contributed by atoms with Gasteiger partial charge in [-0.05, 0) is 49.3 Å². The molecule has 0 radical (unpaired) electrons. The number of H-pyrrole nitrogens is 1. The number of nitrogens with two attached hydrogens (primary N) is 1. The van der Waals surface area contributed by atoms with Crippen LogP contribution < -0.4 is 53.0 Å². The zero-order chi connectivity index (χ0) is 62.1. The van der Waals surface area contributed by atoms with E-state index in [1.165, 1.54) is 24.0 Å². The number of aliphatic hydroxyl groups excluding tert-OH is 3. The normalized spacial score (nSPS) is 25.1. The number of ether oxygens (including phenoxy) is 1. The average Bonchev–Trinajstić information content (AvgIpc) is 3.54. The van der Waals surface area contributed by atoms with Crippen LogP contribution in [0.1, 0.15) is 97.0 Å². The molecule has 1 saturated heterocycles. The molecule has 85 heavy (non-hydrogen) atoms. The number of primary amides is 1. The second-order valence-corrected chi connectivity index (χ2v) is 23.1. The molecular weight excluding hydrogens is 1130 g/mol. The highest BCUT2D eigenvalue weighted by atomic mass is 32.2. The number of hydrogen-bond donors (Lipinski definition) is 13. The second kappa shape index (κ2) is 31.4. The van der Waals surface area contributed by atoms with Crippen molar-refractivity contribution in [2.24, 2.45) is 17.6 Å². The molecule has 5 heterocycles. The van der Waals surface area contributed by atoms with Gasteiger partial charge < -0.3 is 78.2 Å². The Morgan fingerprint density at radius 3 is 2.18 bits per heavy atom. The molecule has 2 aromatic rings. The summed E-state index contributed by atoms with van der Waals surface area (Å²) in [6, 6.07) is -5.32. The Balaban J connectivity index is 1.30. The molecule has 4 aliphatic rings. The van der Waals surface area contributed by atoms with Crippen LogP contribution in [-0.4, -0.2) is 205 Å².